The standard InChI is InChI=1S/C28H30ClF3N4/c1-4-20(14-33-17-28(30,31)32)5-6-21-9-11-24(18(2)13-21)26-19(3)36(16-22-7-8-22)27(35-26)23-10-12-25(29)34-15-23/h4,9-15,22H,5-8,16-17H2,1-3H3/b20-4-,33-14-. The second kappa shape index (κ2) is 11.0. The third kappa shape index (κ3) is 6.64. The lowest BCUT2D eigenvalue weighted by Crippen LogP contribution is -2.12. The van der Waals surface area contributed by atoms with Crippen LogP contribution >= 0.6 is 11.6 Å². The first-order chi connectivity index (χ1) is 17.1. The maximum Gasteiger partial charge on any atom is 0.407 e. The van der Waals surface area contributed by atoms with Gasteiger partial charge in [0, 0.05) is 35.8 Å². The van der Waals surface area contributed by atoms with E-state index in [1.54, 1.807) is 12.3 Å². The Bertz CT molecular complexity index is 1270. The number of allylic oxidation sites excluding steroid dienone is 2. The summed E-state index contributed by atoms with van der Waals surface area (Å²) in [6.45, 7) is 5.79. The number of benzene rings is 1. The summed E-state index contributed by atoms with van der Waals surface area (Å²) < 4.78 is 39.4. The zero-order valence-electron chi connectivity index (χ0n) is 20.7. The molecular formula is C28H30ClF3N4. The van der Waals surface area contributed by atoms with Gasteiger partial charge in [0.05, 0.1) is 5.69 Å². The number of imidazole rings is 1. The van der Waals surface area contributed by atoms with E-state index in [1.807, 2.05) is 19.1 Å². The van der Waals surface area contributed by atoms with E-state index in [0.717, 1.165) is 58.0 Å². The van der Waals surface area contributed by atoms with Crippen LogP contribution < -0.4 is 0 Å². The molecule has 190 valence electrons. The maximum absolute atomic E-state index is 12.4. The first-order valence-corrected chi connectivity index (χ1v) is 12.5. The smallest absolute Gasteiger partial charge is 0.327 e. The van der Waals surface area contributed by atoms with Crippen LogP contribution in [0.1, 0.15) is 43.0 Å². The van der Waals surface area contributed by atoms with Crippen LogP contribution in [-0.4, -0.2) is 33.5 Å². The van der Waals surface area contributed by atoms with Crippen molar-refractivity contribution < 1.29 is 13.2 Å². The molecule has 36 heavy (non-hydrogen) atoms. The fourth-order valence-electron chi connectivity index (χ4n) is 4.28. The molecule has 2 heterocycles. The van der Waals surface area contributed by atoms with E-state index in [1.165, 1.54) is 19.1 Å². The van der Waals surface area contributed by atoms with Gasteiger partial charge < -0.3 is 4.57 Å². The number of nitrogens with zero attached hydrogens (tertiary/aromatic N) is 4. The van der Waals surface area contributed by atoms with E-state index in [9.17, 15) is 13.2 Å². The third-order valence-corrected chi connectivity index (χ3v) is 6.71. The van der Waals surface area contributed by atoms with Crippen LogP contribution in [0.15, 0.2) is 53.2 Å². The van der Waals surface area contributed by atoms with Crippen molar-refractivity contribution in [3.63, 3.8) is 0 Å². The number of alkyl halides is 3. The Morgan fingerprint density at radius 2 is 1.97 bits per heavy atom. The lowest BCUT2D eigenvalue weighted by atomic mass is 9.98. The molecule has 0 bridgehead atoms. The van der Waals surface area contributed by atoms with Gasteiger partial charge >= 0.3 is 6.18 Å². The first-order valence-electron chi connectivity index (χ1n) is 12.2. The number of aryl methyl sites for hydroxylation is 2. The second-order valence-corrected chi connectivity index (χ2v) is 9.78. The summed E-state index contributed by atoms with van der Waals surface area (Å²) in [5, 5.41) is 0.454. The molecule has 3 aromatic rings. The van der Waals surface area contributed by atoms with Crippen molar-refractivity contribution in [3.05, 3.63) is 70.2 Å². The van der Waals surface area contributed by atoms with Gasteiger partial charge in [0.25, 0.3) is 0 Å². The molecule has 8 heteroatoms. The largest absolute Gasteiger partial charge is 0.407 e. The zero-order valence-corrected chi connectivity index (χ0v) is 21.5. The van der Waals surface area contributed by atoms with Crippen LogP contribution in [-0.2, 0) is 13.0 Å². The van der Waals surface area contributed by atoms with Crippen molar-refractivity contribution in [2.24, 2.45) is 10.9 Å². The minimum atomic E-state index is -4.28. The lowest BCUT2D eigenvalue weighted by Gasteiger charge is -2.11. The van der Waals surface area contributed by atoms with E-state index in [0.29, 0.717) is 17.5 Å². The van der Waals surface area contributed by atoms with Gasteiger partial charge in [0.15, 0.2) is 0 Å². The number of pyridine rings is 1. The maximum atomic E-state index is 12.4. The van der Waals surface area contributed by atoms with Crippen molar-refractivity contribution >= 4 is 17.8 Å². The van der Waals surface area contributed by atoms with Crippen LogP contribution in [0, 0.1) is 19.8 Å². The molecule has 0 radical (unpaired) electrons. The van der Waals surface area contributed by atoms with Crippen LogP contribution in [0.5, 0.6) is 0 Å². The summed E-state index contributed by atoms with van der Waals surface area (Å²) in [5.41, 5.74) is 7.12. The first kappa shape index (κ1) is 26.1. The molecule has 1 aliphatic rings. The fraction of sp³-hybridized carbons (Fsp3) is 0.393. The quantitative estimate of drug-likeness (QED) is 0.216. The monoisotopic (exact) mass is 514 g/mol. The molecule has 1 aromatic carbocycles. The molecule has 1 aliphatic carbocycles. The Kier molecular flexibility index (Phi) is 7.98. The number of hydrogen-bond acceptors (Lipinski definition) is 3. The van der Waals surface area contributed by atoms with Gasteiger partial charge in [-0.15, -0.1) is 0 Å². The molecule has 0 amide bonds. The number of aromatic nitrogens is 3. The summed E-state index contributed by atoms with van der Waals surface area (Å²) in [6, 6.07) is 10.0. The molecule has 2 aromatic heterocycles. The van der Waals surface area contributed by atoms with E-state index in [4.69, 9.17) is 16.6 Å². The minimum absolute atomic E-state index is 0.454. The third-order valence-electron chi connectivity index (χ3n) is 6.49. The van der Waals surface area contributed by atoms with Gasteiger partial charge in [-0.1, -0.05) is 35.9 Å². The predicted molar refractivity (Wildman–Crippen MR) is 140 cm³/mol. The molecule has 1 fully saturated rings. The highest BCUT2D eigenvalue weighted by Gasteiger charge is 2.27. The van der Waals surface area contributed by atoms with E-state index >= 15 is 0 Å². The van der Waals surface area contributed by atoms with Gasteiger partial charge in [0.1, 0.15) is 17.5 Å². The Morgan fingerprint density at radius 3 is 2.58 bits per heavy atom. The minimum Gasteiger partial charge on any atom is -0.327 e. The zero-order chi connectivity index (χ0) is 25.9. The highest BCUT2D eigenvalue weighted by molar-refractivity contribution is 6.29. The van der Waals surface area contributed by atoms with Crippen molar-refractivity contribution in [3.8, 4) is 22.6 Å². The van der Waals surface area contributed by atoms with Crippen LogP contribution in [0.3, 0.4) is 0 Å². The van der Waals surface area contributed by atoms with Crippen LogP contribution in [0.2, 0.25) is 5.15 Å². The average Bonchev–Trinajstić information content (AvgIpc) is 3.60. The molecule has 4 rings (SSSR count). The highest BCUT2D eigenvalue weighted by atomic mass is 35.5. The summed E-state index contributed by atoms with van der Waals surface area (Å²) in [5.74, 6) is 1.59. The Balaban J connectivity index is 1.55. The van der Waals surface area contributed by atoms with E-state index in [-0.39, 0.29) is 0 Å². The van der Waals surface area contributed by atoms with Gasteiger partial charge in [-0.05, 0) is 81.2 Å². The van der Waals surface area contributed by atoms with Gasteiger partial charge in [0.2, 0.25) is 0 Å². The molecule has 0 N–H and O–H groups in total. The predicted octanol–water partition coefficient (Wildman–Crippen LogP) is 7.80. The molecule has 0 atom stereocenters. The SMILES string of the molecule is C/C=C(\C=N/CC(F)(F)F)CCc1ccc(-c2nc(-c3ccc(Cl)nc3)n(CC3CC3)c2C)c(C)c1. The van der Waals surface area contributed by atoms with Crippen molar-refractivity contribution in [1.29, 1.82) is 0 Å². The summed E-state index contributed by atoms with van der Waals surface area (Å²) in [6.07, 6.45) is 4.46. The van der Waals surface area contributed by atoms with Crippen LogP contribution in [0.25, 0.3) is 22.6 Å². The summed E-state index contributed by atoms with van der Waals surface area (Å²) in [4.78, 5) is 12.8. The molecule has 0 saturated heterocycles. The van der Waals surface area contributed by atoms with Crippen molar-refractivity contribution in [2.45, 2.75) is 59.2 Å². The highest BCUT2D eigenvalue weighted by Crippen LogP contribution is 2.36. The molecular weight excluding hydrogens is 485 g/mol. The Morgan fingerprint density at radius 1 is 1.19 bits per heavy atom. The number of halogens is 4. The van der Waals surface area contributed by atoms with Crippen LogP contribution in [0.4, 0.5) is 13.2 Å². The molecule has 1 saturated carbocycles. The number of hydrogen-bond donors (Lipinski definition) is 0. The van der Waals surface area contributed by atoms with Gasteiger partial charge in [-0.25, -0.2) is 9.97 Å². The Hall–Kier alpha value is -2.93. The molecule has 0 unspecified atom stereocenters. The van der Waals surface area contributed by atoms with Crippen molar-refractivity contribution in [2.75, 3.05) is 6.54 Å². The molecule has 0 spiro atoms. The van der Waals surface area contributed by atoms with Crippen molar-refractivity contribution in [1.82, 2.24) is 14.5 Å². The topological polar surface area (TPSA) is 43.1 Å². The Labute approximate surface area is 215 Å². The fourth-order valence-corrected chi connectivity index (χ4v) is 4.40. The van der Waals surface area contributed by atoms with Gasteiger partial charge in [-0.2, -0.15) is 13.2 Å². The molecule has 0 aliphatic heterocycles. The summed E-state index contributed by atoms with van der Waals surface area (Å²) in [7, 11) is 0. The normalized spacial score (nSPS) is 14.7. The number of rotatable bonds is 9. The van der Waals surface area contributed by atoms with E-state index < -0.39 is 12.7 Å². The summed E-state index contributed by atoms with van der Waals surface area (Å²) >= 11 is 6.00. The molecule has 4 nitrogen and oxygen atoms in total. The second-order valence-electron chi connectivity index (χ2n) is 9.39. The average molecular weight is 515 g/mol. The lowest BCUT2D eigenvalue weighted by molar-refractivity contribution is -0.118. The van der Waals surface area contributed by atoms with Gasteiger partial charge in [-0.3, -0.25) is 4.99 Å². The number of aliphatic imine (C=N–C) groups is 1. The van der Waals surface area contributed by atoms with E-state index in [2.05, 4.69) is 46.6 Å².